The van der Waals surface area contributed by atoms with Crippen LogP contribution in [0.5, 0.6) is 0 Å². The summed E-state index contributed by atoms with van der Waals surface area (Å²) in [4.78, 5) is 17.2. The third kappa shape index (κ3) is 7.13. The number of guanidine groups is 1. The molecule has 0 saturated carbocycles. The van der Waals surface area contributed by atoms with Crippen LogP contribution in [0.25, 0.3) is 0 Å². The fourth-order valence-corrected chi connectivity index (χ4v) is 2.52. The van der Waals surface area contributed by atoms with Gasteiger partial charge < -0.3 is 16.0 Å². The summed E-state index contributed by atoms with van der Waals surface area (Å²) in [5, 5.41) is 11.3. The van der Waals surface area contributed by atoms with E-state index in [9.17, 15) is 4.79 Å². The summed E-state index contributed by atoms with van der Waals surface area (Å²) in [6, 6.07) is 4.20. The molecule has 21 heavy (non-hydrogen) atoms. The quantitative estimate of drug-likeness (QED) is 0.508. The summed E-state index contributed by atoms with van der Waals surface area (Å²) >= 11 is 1.76. The van der Waals surface area contributed by atoms with E-state index >= 15 is 0 Å². The van der Waals surface area contributed by atoms with Gasteiger partial charge in [0.1, 0.15) is 6.54 Å². The number of nitrogens with one attached hydrogen (secondary N) is 3. The lowest BCUT2D eigenvalue weighted by molar-refractivity contribution is -0.119. The summed E-state index contributed by atoms with van der Waals surface area (Å²) < 4.78 is 0. The van der Waals surface area contributed by atoms with Crippen LogP contribution in [-0.4, -0.2) is 38.0 Å². The Kier molecular flexibility index (Phi) is 8.50. The molecule has 3 N–H and O–H groups in total. The van der Waals surface area contributed by atoms with Crippen LogP contribution in [-0.2, 0) is 4.79 Å². The molecule has 0 aromatic carbocycles. The molecule has 1 rings (SSSR count). The first-order valence-electron chi connectivity index (χ1n) is 7.49. The van der Waals surface area contributed by atoms with Crippen molar-refractivity contribution in [3.05, 3.63) is 22.4 Å². The lowest BCUT2D eigenvalue weighted by Crippen LogP contribution is -2.40. The first-order chi connectivity index (χ1) is 10.2. The highest BCUT2D eigenvalue weighted by Gasteiger charge is 2.07. The van der Waals surface area contributed by atoms with Crippen LogP contribution < -0.4 is 16.0 Å². The summed E-state index contributed by atoms with van der Waals surface area (Å²) in [7, 11) is 0. The number of carbonyl (C=O) groups excluding carboxylic acids is 1. The summed E-state index contributed by atoms with van der Waals surface area (Å²) in [5.74, 6) is 1.07. The van der Waals surface area contributed by atoms with E-state index in [-0.39, 0.29) is 12.5 Å². The molecule has 1 unspecified atom stereocenters. The van der Waals surface area contributed by atoms with Crippen molar-refractivity contribution in [1.82, 2.24) is 16.0 Å². The van der Waals surface area contributed by atoms with Gasteiger partial charge in [0.05, 0.1) is 0 Å². The Morgan fingerprint density at radius 2 is 2.14 bits per heavy atom. The predicted octanol–water partition coefficient (Wildman–Crippen LogP) is 1.93. The largest absolute Gasteiger partial charge is 0.357 e. The number of nitrogens with zero attached hydrogens (tertiary/aromatic N) is 1. The average Bonchev–Trinajstić information content (AvgIpc) is 3.02. The molecule has 5 nitrogen and oxygen atoms in total. The van der Waals surface area contributed by atoms with E-state index in [0.717, 1.165) is 19.5 Å². The van der Waals surface area contributed by atoms with Gasteiger partial charge in [0.15, 0.2) is 5.96 Å². The van der Waals surface area contributed by atoms with Crippen LogP contribution in [0.2, 0.25) is 0 Å². The zero-order valence-corrected chi connectivity index (χ0v) is 13.9. The van der Waals surface area contributed by atoms with Gasteiger partial charge in [0, 0.05) is 30.4 Å². The monoisotopic (exact) mass is 310 g/mol. The summed E-state index contributed by atoms with van der Waals surface area (Å²) in [6.45, 7) is 8.64. The minimum atomic E-state index is -0.0413. The molecule has 0 radical (unpaired) electrons. The maximum Gasteiger partial charge on any atom is 0.241 e. The highest BCUT2D eigenvalue weighted by molar-refractivity contribution is 7.10. The minimum absolute atomic E-state index is 0.0413. The van der Waals surface area contributed by atoms with Crippen molar-refractivity contribution in [2.45, 2.75) is 33.1 Å². The molecule has 1 aromatic heterocycles. The SMILES string of the molecule is CCCNC(=O)CN=C(NCC)NCC(C)c1cccs1. The molecule has 1 amide bonds. The van der Waals surface area contributed by atoms with Crippen molar-refractivity contribution >= 4 is 23.2 Å². The Labute approximate surface area is 131 Å². The standard InChI is InChI=1S/C15H26N4OS/c1-4-8-17-14(20)11-19-15(16-5-2)18-10-12(3)13-7-6-9-21-13/h6-7,9,12H,4-5,8,10-11H2,1-3H3,(H,17,20)(H2,16,18,19). The Hall–Kier alpha value is -1.56. The molecule has 118 valence electrons. The van der Waals surface area contributed by atoms with Gasteiger partial charge in [-0.3, -0.25) is 4.79 Å². The van der Waals surface area contributed by atoms with E-state index in [2.05, 4.69) is 45.4 Å². The third-order valence-corrected chi connectivity index (χ3v) is 4.01. The molecule has 1 aromatic rings. The fraction of sp³-hybridized carbons (Fsp3) is 0.600. The smallest absolute Gasteiger partial charge is 0.241 e. The predicted molar refractivity (Wildman–Crippen MR) is 90.0 cm³/mol. The van der Waals surface area contributed by atoms with Gasteiger partial charge in [-0.15, -0.1) is 11.3 Å². The maximum absolute atomic E-state index is 11.6. The molecule has 0 fully saturated rings. The van der Waals surface area contributed by atoms with Gasteiger partial charge in [-0.1, -0.05) is 19.9 Å². The molecule has 1 heterocycles. The van der Waals surface area contributed by atoms with E-state index in [1.54, 1.807) is 11.3 Å². The summed E-state index contributed by atoms with van der Waals surface area (Å²) in [6.07, 6.45) is 0.937. The summed E-state index contributed by atoms with van der Waals surface area (Å²) in [5.41, 5.74) is 0. The van der Waals surface area contributed by atoms with Gasteiger partial charge in [0.25, 0.3) is 0 Å². The Morgan fingerprint density at radius 3 is 2.76 bits per heavy atom. The van der Waals surface area contributed by atoms with E-state index in [0.29, 0.717) is 18.4 Å². The van der Waals surface area contributed by atoms with Crippen molar-refractivity contribution in [2.24, 2.45) is 4.99 Å². The molecule has 0 saturated heterocycles. The number of amides is 1. The van der Waals surface area contributed by atoms with Gasteiger partial charge in [-0.25, -0.2) is 4.99 Å². The molecule has 0 bridgehead atoms. The van der Waals surface area contributed by atoms with Crippen molar-refractivity contribution in [3.63, 3.8) is 0 Å². The molecular weight excluding hydrogens is 284 g/mol. The Morgan fingerprint density at radius 1 is 1.33 bits per heavy atom. The second-order valence-corrected chi connectivity index (χ2v) is 5.82. The second kappa shape index (κ2) is 10.2. The van der Waals surface area contributed by atoms with Crippen LogP contribution in [0.1, 0.15) is 38.0 Å². The molecule has 0 aliphatic heterocycles. The number of thiophene rings is 1. The van der Waals surface area contributed by atoms with Gasteiger partial charge in [-0.2, -0.15) is 0 Å². The first-order valence-corrected chi connectivity index (χ1v) is 8.37. The van der Waals surface area contributed by atoms with E-state index < -0.39 is 0 Å². The van der Waals surface area contributed by atoms with E-state index in [1.807, 2.05) is 13.8 Å². The lowest BCUT2D eigenvalue weighted by atomic mass is 10.1. The molecule has 6 heteroatoms. The number of hydrogen-bond donors (Lipinski definition) is 3. The molecule has 1 atom stereocenters. The number of rotatable bonds is 8. The molecule has 0 spiro atoms. The molecule has 0 aliphatic rings. The molecule has 0 aliphatic carbocycles. The van der Waals surface area contributed by atoms with Crippen molar-refractivity contribution in [2.75, 3.05) is 26.2 Å². The van der Waals surface area contributed by atoms with Crippen LogP contribution in [0.3, 0.4) is 0 Å². The van der Waals surface area contributed by atoms with Crippen molar-refractivity contribution < 1.29 is 4.79 Å². The normalized spacial score (nSPS) is 12.8. The van der Waals surface area contributed by atoms with Crippen LogP contribution in [0, 0.1) is 0 Å². The van der Waals surface area contributed by atoms with E-state index in [1.165, 1.54) is 4.88 Å². The zero-order valence-electron chi connectivity index (χ0n) is 13.1. The number of carbonyl (C=O) groups is 1. The minimum Gasteiger partial charge on any atom is -0.357 e. The van der Waals surface area contributed by atoms with Crippen LogP contribution in [0.4, 0.5) is 0 Å². The fourth-order valence-electron chi connectivity index (χ4n) is 1.73. The highest BCUT2D eigenvalue weighted by Crippen LogP contribution is 2.19. The van der Waals surface area contributed by atoms with Gasteiger partial charge in [-0.05, 0) is 24.8 Å². The first kappa shape index (κ1) is 17.5. The molecular formula is C15H26N4OS. The lowest BCUT2D eigenvalue weighted by Gasteiger charge is -2.15. The van der Waals surface area contributed by atoms with Crippen LogP contribution in [0.15, 0.2) is 22.5 Å². The van der Waals surface area contributed by atoms with Crippen LogP contribution >= 0.6 is 11.3 Å². The zero-order chi connectivity index (χ0) is 15.5. The highest BCUT2D eigenvalue weighted by atomic mass is 32.1. The maximum atomic E-state index is 11.6. The van der Waals surface area contributed by atoms with E-state index in [4.69, 9.17) is 0 Å². The topological polar surface area (TPSA) is 65.5 Å². The third-order valence-electron chi connectivity index (χ3n) is 2.90. The average molecular weight is 310 g/mol. The number of aliphatic imine (C=N–C) groups is 1. The number of hydrogen-bond acceptors (Lipinski definition) is 3. The second-order valence-electron chi connectivity index (χ2n) is 4.84. The van der Waals surface area contributed by atoms with Gasteiger partial charge in [0.2, 0.25) is 5.91 Å². The Balaban J connectivity index is 2.43. The van der Waals surface area contributed by atoms with Gasteiger partial charge >= 0.3 is 0 Å². The van der Waals surface area contributed by atoms with Crippen molar-refractivity contribution in [1.29, 1.82) is 0 Å². The van der Waals surface area contributed by atoms with Crippen molar-refractivity contribution in [3.8, 4) is 0 Å². The Bertz CT molecular complexity index is 431.